The summed E-state index contributed by atoms with van der Waals surface area (Å²) in [7, 11) is 3.47. The monoisotopic (exact) mass is 708 g/mol. The summed E-state index contributed by atoms with van der Waals surface area (Å²) in [5, 5.41) is 2.43. The summed E-state index contributed by atoms with van der Waals surface area (Å²) in [5.74, 6) is 2.79. The number of hydrogen-bond acceptors (Lipinski definition) is 5. The molecule has 2 aliphatic carbocycles. The molecule has 3 aliphatic rings. The van der Waals surface area contributed by atoms with Gasteiger partial charge in [-0.3, -0.25) is 0 Å². The van der Waals surface area contributed by atoms with Crippen LogP contribution in [0, 0.1) is 0 Å². The Morgan fingerprint density at radius 1 is 0.745 bits per heavy atom. The standard InChI is InChI=1S/C46H44O3S2/c1-7-45(8-2)39-26-30(29-12-10-9-11-13-29)14-23-35(39)42-37-27-40(50-5)41(51-6)28-38(37)44-36(43(42)45)24-25-46(49-44,31-15-19-33(47-3)20-16-31)32-17-21-34(48-4)22-18-32/h9-17,19-21,23-28H,7-8,18,22H2,1-6H3. The lowest BCUT2D eigenvalue weighted by atomic mass is 9.70. The van der Waals surface area contributed by atoms with Gasteiger partial charge in [0.05, 0.1) is 20.0 Å². The predicted molar refractivity (Wildman–Crippen MR) is 216 cm³/mol. The molecule has 5 heteroatoms. The SMILES string of the molecule is CCC1(CC)c2cc(-c3ccccc3)ccc2-c2c1c1c(c3cc(SC)c(SC)cc23)OC(C2=CC=C(OC)CC2)(c2ccc(OC)cc2)C=C1. The summed E-state index contributed by atoms with van der Waals surface area (Å²) in [6, 6.07) is 31.2. The second-order valence-corrected chi connectivity index (χ2v) is 15.3. The molecule has 5 aromatic carbocycles. The van der Waals surface area contributed by atoms with Crippen LogP contribution in [0.25, 0.3) is 39.1 Å². The molecule has 0 aromatic heterocycles. The molecule has 1 heterocycles. The molecule has 1 unspecified atom stereocenters. The molecular formula is C46H44O3S2. The second kappa shape index (κ2) is 13.3. The van der Waals surface area contributed by atoms with Crippen LogP contribution in [-0.2, 0) is 15.8 Å². The Kier molecular flexibility index (Phi) is 8.84. The molecule has 258 valence electrons. The molecule has 1 aliphatic heterocycles. The van der Waals surface area contributed by atoms with Gasteiger partial charge in [0.25, 0.3) is 0 Å². The topological polar surface area (TPSA) is 27.7 Å². The molecule has 0 amide bonds. The Labute approximate surface area is 310 Å². The van der Waals surface area contributed by atoms with Crippen LogP contribution in [0.2, 0.25) is 0 Å². The van der Waals surface area contributed by atoms with E-state index in [-0.39, 0.29) is 5.41 Å². The van der Waals surface area contributed by atoms with Crippen LogP contribution in [0.5, 0.6) is 11.5 Å². The molecule has 3 nitrogen and oxygen atoms in total. The maximum absolute atomic E-state index is 7.69. The van der Waals surface area contributed by atoms with Gasteiger partial charge in [-0.05, 0) is 119 Å². The Morgan fingerprint density at radius 3 is 2.10 bits per heavy atom. The first-order valence-electron chi connectivity index (χ1n) is 17.9. The smallest absolute Gasteiger partial charge is 0.174 e. The van der Waals surface area contributed by atoms with E-state index < -0.39 is 5.60 Å². The van der Waals surface area contributed by atoms with Crippen molar-refractivity contribution in [3.63, 3.8) is 0 Å². The molecule has 0 bridgehead atoms. The molecule has 51 heavy (non-hydrogen) atoms. The van der Waals surface area contributed by atoms with Crippen molar-refractivity contribution in [3.05, 3.63) is 137 Å². The maximum Gasteiger partial charge on any atom is 0.174 e. The van der Waals surface area contributed by atoms with Crippen molar-refractivity contribution in [2.75, 3.05) is 26.7 Å². The summed E-state index contributed by atoms with van der Waals surface area (Å²) in [6.45, 7) is 4.72. The normalized spacial score (nSPS) is 18.3. The lowest BCUT2D eigenvalue weighted by Gasteiger charge is -2.41. The van der Waals surface area contributed by atoms with Crippen LogP contribution in [0.15, 0.2) is 124 Å². The van der Waals surface area contributed by atoms with Crippen molar-refractivity contribution >= 4 is 40.4 Å². The van der Waals surface area contributed by atoms with E-state index in [4.69, 9.17) is 14.2 Å². The number of benzene rings is 5. The molecule has 0 saturated carbocycles. The minimum Gasteiger partial charge on any atom is -0.501 e. The summed E-state index contributed by atoms with van der Waals surface area (Å²) in [4.78, 5) is 2.56. The number of hydrogen-bond donors (Lipinski definition) is 0. The molecule has 5 aromatic rings. The number of methoxy groups -OCH3 is 2. The van der Waals surface area contributed by atoms with E-state index in [9.17, 15) is 0 Å². The van der Waals surface area contributed by atoms with Crippen molar-refractivity contribution in [1.82, 2.24) is 0 Å². The van der Waals surface area contributed by atoms with E-state index in [1.54, 1.807) is 26.0 Å². The van der Waals surface area contributed by atoms with Crippen LogP contribution < -0.4 is 9.47 Å². The van der Waals surface area contributed by atoms with Crippen LogP contribution in [-0.4, -0.2) is 26.7 Å². The van der Waals surface area contributed by atoms with Gasteiger partial charge in [-0.15, -0.1) is 23.5 Å². The summed E-state index contributed by atoms with van der Waals surface area (Å²) < 4.78 is 18.9. The minimum absolute atomic E-state index is 0.167. The van der Waals surface area contributed by atoms with Gasteiger partial charge in [0.2, 0.25) is 0 Å². The van der Waals surface area contributed by atoms with Crippen LogP contribution in [0.3, 0.4) is 0 Å². The van der Waals surface area contributed by atoms with E-state index in [0.29, 0.717) is 0 Å². The van der Waals surface area contributed by atoms with Gasteiger partial charge in [-0.1, -0.05) is 80.6 Å². The fourth-order valence-electron chi connectivity index (χ4n) is 8.78. The zero-order valence-electron chi connectivity index (χ0n) is 30.3. The lowest BCUT2D eigenvalue weighted by molar-refractivity contribution is 0.151. The highest BCUT2D eigenvalue weighted by Gasteiger charge is 2.47. The van der Waals surface area contributed by atoms with Gasteiger partial charge >= 0.3 is 0 Å². The highest BCUT2D eigenvalue weighted by atomic mass is 32.2. The second-order valence-electron chi connectivity index (χ2n) is 13.6. The number of allylic oxidation sites excluding steroid dienone is 3. The molecule has 0 N–H and O–H groups in total. The Bertz CT molecular complexity index is 2240. The van der Waals surface area contributed by atoms with E-state index in [2.05, 4.69) is 123 Å². The predicted octanol–water partition coefficient (Wildman–Crippen LogP) is 12.6. The van der Waals surface area contributed by atoms with Crippen LogP contribution in [0.4, 0.5) is 0 Å². The Hall–Kier alpha value is -4.32. The van der Waals surface area contributed by atoms with Gasteiger partial charge in [0, 0.05) is 38.1 Å². The molecule has 0 spiro atoms. The van der Waals surface area contributed by atoms with Crippen molar-refractivity contribution in [2.45, 2.75) is 60.3 Å². The summed E-state index contributed by atoms with van der Waals surface area (Å²) in [6.07, 6.45) is 17.0. The number of ether oxygens (including phenoxy) is 3. The van der Waals surface area contributed by atoms with Gasteiger partial charge in [0.15, 0.2) is 5.60 Å². The van der Waals surface area contributed by atoms with Gasteiger partial charge in [-0.2, -0.15) is 0 Å². The molecule has 1 atom stereocenters. The highest BCUT2D eigenvalue weighted by molar-refractivity contribution is 8.01. The van der Waals surface area contributed by atoms with Crippen molar-refractivity contribution in [1.29, 1.82) is 0 Å². The van der Waals surface area contributed by atoms with Crippen molar-refractivity contribution < 1.29 is 14.2 Å². The molecular weight excluding hydrogens is 665 g/mol. The minimum atomic E-state index is -0.791. The van der Waals surface area contributed by atoms with E-state index in [0.717, 1.165) is 48.5 Å². The van der Waals surface area contributed by atoms with Gasteiger partial charge in [0.1, 0.15) is 11.5 Å². The number of rotatable bonds is 9. The van der Waals surface area contributed by atoms with Crippen LogP contribution >= 0.6 is 23.5 Å². The number of thioether (sulfide) groups is 2. The Balaban J connectivity index is 1.45. The van der Waals surface area contributed by atoms with E-state index in [1.165, 1.54) is 65.1 Å². The van der Waals surface area contributed by atoms with Crippen LogP contribution in [0.1, 0.15) is 61.8 Å². The first-order chi connectivity index (χ1) is 24.9. The molecule has 8 rings (SSSR count). The van der Waals surface area contributed by atoms with E-state index in [1.807, 2.05) is 23.9 Å². The quantitative estimate of drug-likeness (QED) is 0.142. The van der Waals surface area contributed by atoms with Gasteiger partial charge in [-0.25, -0.2) is 0 Å². The zero-order valence-corrected chi connectivity index (χ0v) is 31.9. The number of fused-ring (bicyclic) bond motifs is 8. The highest BCUT2D eigenvalue weighted by Crippen LogP contribution is 2.61. The lowest BCUT2D eigenvalue weighted by Crippen LogP contribution is -2.36. The summed E-state index contributed by atoms with van der Waals surface area (Å²) >= 11 is 3.62. The average Bonchev–Trinajstić information content (AvgIpc) is 3.50. The molecule has 0 fully saturated rings. The van der Waals surface area contributed by atoms with Crippen molar-refractivity contribution in [3.8, 4) is 33.8 Å². The average molecular weight is 709 g/mol. The molecule has 0 radical (unpaired) electrons. The Morgan fingerprint density at radius 2 is 1.47 bits per heavy atom. The first-order valence-corrected chi connectivity index (χ1v) is 20.3. The summed E-state index contributed by atoms with van der Waals surface area (Å²) in [5.41, 5.74) is 10.6. The molecule has 0 saturated heterocycles. The third kappa shape index (κ3) is 5.18. The fraction of sp³-hybridized carbons (Fsp3) is 0.261. The third-order valence-electron chi connectivity index (χ3n) is 11.5. The zero-order chi connectivity index (χ0) is 35.3. The fourth-order valence-corrected chi connectivity index (χ4v) is 10.3. The largest absolute Gasteiger partial charge is 0.501 e. The van der Waals surface area contributed by atoms with E-state index >= 15 is 0 Å². The maximum atomic E-state index is 7.69. The van der Waals surface area contributed by atoms with Gasteiger partial charge < -0.3 is 14.2 Å². The van der Waals surface area contributed by atoms with Crippen molar-refractivity contribution in [2.24, 2.45) is 0 Å². The third-order valence-corrected chi connectivity index (χ3v) is 13.2. The first kappa shape index (κ1) is 33.8.